The van der Waals surface area contributed by atoms with Crippen molar-refractivity contribution in [3.63, 3.8) is 0 Å². The average molecular weight is 472 g/mol. The average Bonchev–Trinajstić information content (AvgIpc) is 2.85. The van der Waals surface area contributed by atoms with E-state index in [1.807, 2.05) is 18.2 Å². The first-order valence-corrected chi connectivity index (χ1v) is 12.2. The number of anilines is 1. The van der Waals surface area contributed by atoms with Gasteiger partial charge in [0.25, 0.3) is 5.91 Å². The molecule has 0 saturated carbocycles. The van der Waals surface area contributed by atoms with E-state index in [2.05, 4.69) is 29.8 Å². The number of rotatable bonds is 9. The fraction of sp³-hybridized carbons (Fsp3) is 0.462. The fourth-order valence-electron chi connectivity index (χ4n) is 4.55. The molecule has 1 saturated heterocycles. The van der Waals surface area contributed by atoms with Gasteiger partial charge in [-0.25, -0.2) is 4.79 Å². The van der Waals surface area contributed by atoms with E-state index in [9.17, 15) is 9.59 Å². The van der Waals surface area contributed by atoms with Crippen molar-refractivity contribution in [3.8, 4) is 0 Å². The van der Waals surface area contributed by atoms with Gasteiger partial charge < -0.3 is 15.4 Å². The maximum atomic E-state index is 13.5. The van der Waals surface area contributed by atoms with Crippen LogP contribution in [0.5, 0.6) is 0 Å². The van der Waals surface area contributed by atoms with E-state index in [1.54, 1.807) is 36.4 Å². The second-order valence-electron chi connectivity index (χ2n) is 8.53. The number of carbonyl (C=O) groups excluding carboxylic acids is 2. The Bertz CT molecular complexity index is 881. The van der Waals surface area contributed by atoms with Crippen molar-refractivity contribution in [1.82, 2.24) is 10.6 Å². The quantitative estimate of drug-likeness (QED) is 0.448. The molecule has 1 aliphatic rings. The van der Waals surface area contributed by atoms with Gasteiger partial charge in [-0.2, -0.15) is 0 Å². The molecule has 3 rings (SSSR count). The van der Waals surface area contributed by atoms with E-state index in [0.29, 0.717) is 28.1 Å². The molecular weight excluding hydrogens is 438 g/mol. The van der Waals surface area contributed by atoms with Gasteiger partial charge in [0.05, 0.1) is 0 Å². The molecule has 2 amide bonds. The first-order chi connectivity index (χ1) is 16.0. The SMILES string of the molecule is CCC(CC)C(NC(=O)C(OC(=O)Nc1ccc(Cl)cc1)c1ccccc1)C1CCNCC1. The van der Waals surface area contributed by atoms with Crippen LogP contribution in [0.25, 0.3) is 0 Å². The molecule has 0 aliphatic carbocycles. The zero-order valence-electron chi connectivity index (χ0n) is 19.4. The summed E-state index contributed by atoms with van der Waals surface area (Å²) < 4.78 is 5.66. The van der Waals surface area contributed by atoms with Gasteiger partial charge in [-0.3, -0.25) is 10.1 Å². The highest BCUT2D eigenvalue weighted by Crippen LogP contribution is 2.28. The Balaban J connectivity index is 1.77. The lowest BCUT2D eigenvalue weighted by molar-refractivity contribution is -0.131. The normalized spacial score (nSPS) is 16.1. The molecule has 33 heavy (non-hydrogen) atoms. The minimum atomic E-state index is -1.04. The Morgan fingerprint density at radius 1 is 1.03 bits per heavy atom. The molecule has 2 aromatic rings. The fourth-order valence-corrected chi connectivity index (χ4v) is 4.67. The van der Waals surface area contributed by atoms with Crippen molar-refractivity contribution in [3.05, 3.63) is 65.2 Å². The standard InChI is InChI=1S/C26H34ClN3O3/c1-3-18(4-2)23(19-14-16-28-17-15-19)30-25(31)24(20-8-6-5-7-9-20)33-26(32)29-22-12-10-21(27)11-13-22/h5-13,18-19,23-24,28H,3-4,14-17H2,1-2H3,(H,29,32)(H,30,31). The minimum Gasteiger partial charge on any atom is -0.431 e. The second kappa shape index (κ2) is 12.6. The summed E-state index contributed by atoms with van der Waals surface area (Å²) in [5.74, 6) is 0.485. The lowest BCUT2D eigenvalue weighted by Gasteiger charge is -2.37. The number of hydrogen-bond acceptors (Lipinski definition) is 4. The summed E-state index contributed by atoms with van der Waals surface area (Å²) in [7, 11) is 0. The molecular formula is C26H34ClN3O3. The van der Waals surface area contributed by atoms with Crippen LogP contribution in [0.3, 0.4) is 0 Å². The topological polar surface area (TPSA) is 79.5 Å². The Hall–Kier alpha value is -2.57. The van der Waals surface area contributed by atoms with Crippen LogP contribution in [0.2, 0.25) is 5.02 Å². The highest BCUT2D eigenvalue weighted by molar-refractivity contribution is 6.30. The molecule has 0 radical (unpaired) electrons. The van der Waals surface area contributed by atoms with Gasteiger partial charge in [0.1, 0.15) is 0 Å². The molecule has 2 aromatic carbocycles. The van der Waals surface area contributed by atoms with E-state index in [1.165, 1.54) is 0 Å². The van der Waals surface area contributed by atoms with Crippen LogP contribution in [0.15, 0.2) is 54.6 Å². The van der Waals surface area contributed by atoms with Crippen molar-refractivity contribution in [1.29, 1.82) is 0 Å². The number of piperidine rings is 1. The number of carbonyl (C=O) groups is 2. The van der Waals surface area contributed by atoms with Crippen LogP contribution >= 0.6 is 11.6 Å². The van der Waals surface area contributed by atoms with Crippen LogP contribution < -0.4 is 16.0 Å². The summed E-state index contributed by atoms with van der Waals surface area (Å²) in [6.07, 6.45) is 2.28. The third kappa shape index (κ3) is 7.21. The van der Waals surface area contributed by atoms with E-state index in [4.69, 9.17) is 16.3 Å². The van der Waals surface area contributed by atoms with E-state index >= 15 is 0 Å². The number of halogens is 1. The first-order valence-electron chi connectivity index (χ1n) is 11.8. The van der Waals surface area contributed by atoms with E-state index < -0.39 is 12.2 Å². The van der Waals surface area contributed by atoms with Crippen LogP contribution in [-0.2, 0) is 9.53 Å². The van der Waals surface area contributed by atoms with Crippen molar-refractivity contribution in [2.45, 2.75) is 51.7 Å². The van der Waals surface area contributed by atoms with Gasteiger partial charge in [0.2, 0.25) is 6.10 Å². The third-order valence-electron chi connectivity index (χ3n) is 6.41. The molecule has 0 spiro atoms. The maximum absolute atomic E-state index is 13.5. The molecule has 2 atom stereocenters. The van der Waals surface area contributed by atoms with Crippen molar-refractivity contribution < 1.29 is 14.3 Å². The number of hydrogen-bond donors (Lipinski definition) is 3. The van der Waals surface area contributed by atoms with Gasteiger partial charge in [-0.1, -0.05) is 68.6 Å². The predicted octanol–water partition coefficient (Wildman–Crippen LogP) is 5.55. The number of nitrogens with one attached hydrogen (secondary N) is 3. The summed E-state index contributed by atoms with van der Waals surface area (Å²) >= 11 is 5.92. The molecule has 1 heterocycles. The maximum Gasteiger partial charge on any atom is 0.412 e. The molecule has 7 heteroatoms. The smallest absolute Gasteiger partial charge is 0.412 e. The molecule has 6 nitrogen and oxygen atoms in total. The summed E-state index contributed by atoms with van der Waals surface area (Å²) in [5.41, 5.74) is 1.18. The van der Waals surface area contributed by atoms with Crippen LogP contribution in [0.1, 0.15) is 51.2 Å². The highest BCUT2D eigenvalue weighted by Gasteiger charge is 2.34. The number of ether oxygens (including phenoxy) is 1. The molecule has 0 aromatic heterocycles. The van der Waals surface area contributed by atoms with Crippen molar-refractivity contribution in [2.24, 2.45) is 11.8 Å². The monoisotopic (exact) mass is 471 g/mol. The Kier molecular flexibility index (Phi) is 9.58. The Labute approximate surface area is 201 Å². The molecule has 1 fully saturated rings. The molecule has 1 aliphatic heterocycles. The molecule has 0 bridgehead atoms. The lowest BCUT2D eigenvalue weighted by Crippen LogP contribution is -2.50. The van der Waals surface area contributed by atoms with Crippen molar-refractivity contribution >= 4 is 29.3 Å². The molecule has 178 valence electrons. The highest BCUT2D eigenvalue weighted by atomic mass is 35.5. The van der Waals surface area contributed by atoms with Gasteiger partial charge in [-0.15, -0.1) is 0 Å². The summed E-state index contributed by atoms with van der Waals surface area (Å²) in [4.78, 5) is 26.2. The number of benzene rings is 2. The van der Waals surface area contributed by atoms with Crippen LogP contribution in [0.4, 0.5) is 10.5 Å². The van der Waals surface area contributed by atoms with Gasteiger partial charge in [-0.05, 0) is 62.0 Å². The van der Waals surface area contributed by atoms with E-state index in [-0.39, 0.29) is 11.9 Å². The first kappa shape index (κ1) is 25.1. The largest absolute Gasteiger partial charge is 0.431 e. The van der Waals surface area contributed by atoms with Crippen molar-refractivity contribution in [2.75, 3.05) is 18.4 Å². The zero-order chi connectivity index (χ0) is 23.6. The molecule has 3 N–H and O–H groups in total. The summed E-state index contributed by atoms with van der Waals surface area (Å²) in [6.45, 7) is 6.25. The van der Waals surface area contributed by atoms with Crippen LogP contribution in [0, 0.1) is 11.8 Å². The van der Waals surface area contributed by atoms with Gasteiger partial charge >= 0.3 is 6.09 Å². The minimum absolute atomic E-state index is 0.0451. The predicted molar refractivity (Wildman–Crippen MR) is 132 cm³/mol. The lowest BCUT2D eigenvalue weighted by atomic mass is 9.80. The second-order valence-corrected chi connectivity index (χ2v) is 8.96. The Morgan fingerprint density at radius 3 is 2.27 bits per heavy atom. The summed E-state index contributed by atoms with van der Waals surface area (Å²) in [5, 5.41) is 9.92. The van der Waals surface area contributed by atoms with Gasteiger partial charge in [0, 0.05) is 22.3 Å². The van der Waals surface area contributed by atoms with E-state index in [0.717, 1.165) is 38.8 Å². The number of amides is 2. The third-order valence-corrected chi connectivity index (χ3v) is 6.67. The summed E-state index contributed by atoms with van der Waals surface area (Å²) in [6, 6.07) is 15.9. The van der Waals surface area contributed by atoms with Gasteiger partial charge in [0.15, 0.2) is 0 Å². The van der Waals surface area contributed by atoms with Crippen LogP contribution in [-0.4, -0.2) is 31.1 Å². The molecule has 2 unspecified atom stereocenters. The Morgan fingerprint density at radius 2 is 1.67 bits per heavy atom. The zero-order valence-corrected chi connectivity index (χ0v) is 20.1.